The second-order valence-corrected chi connectivity index (χ2v) is 7.96. The molecule has 9 heteroatoms. The number of ether oxygens (including phenoxy) is 3. The van der Waals surface area contributed by atoms with Crippen molar-refractivity contribution in [1.82, 2.24) is 9.80 Å². The highest BCUT2D eigenvalue weighted by molar-refractivity contribution is 5.98. The predicted molar refractivity (Wildman–Crippen MR) is 116 cm³/mol. The zero-order valence-electron chi connectivity index (χ0n) is 19.1. The molecular formula is C22H33N3O6. The monoisotopic (exact) mass is 435 g/mol. The van der Waals surface area contributed by atoms with Gasteiger partial charge in [-0.05, 0) is 19.1 Å². The Kier molecular flexibility index (Phi) is 8.82. The number of carbonyl (C=O) groups excluding carboxylic acids is 3. The Morgan fingerprint density at radius 2 is 1.94 bits per heavy atom. The summed E-state index contributed by atoms with van der Waals surface area (Å²) < 4.78 is 16.5. The number of rotatable bonds is 4. The summed E-state index contributed by atoms with van der Waals surface area (Å²) >= 11 is 0. The molecule has 172 valence electrons. The molecule has 0 aliphatic carbocycles. The summed E-state index contributed by atoms with van der Waals surface area (Å²) in [4.78, 5) is 40.6. The number of hydrogen-bond donors (Lipinski definition) is 1. The van der Waals surface area contributed by atoms with Gasteiger partial charge < -0.3 is 29.3 Å². The van der Waals surface area contributed by atoms with E-state index in [9.17, 15) is 14.4 Å². The maximum absolute atomic E-state index is 13.1. The van der Waals surface area contributed by atoms with Crippen LogP contribution in [0.1, 0.15) is 31.1 Å². The third-order valence-corrected chi connectivity index (χ3v) is 5.41. The van der Waals surface area contributed by atoms with Gasteiger partial charge in [0.15, 0.2) is 0 Å². The van der Waals surface area contributed by atoms with Crippen LogP contribution in [0, 0.1) is 5.92 Å². The van der Waals surface area contributed by atoms with Crippen LogP contribution in [0.2, 0.25) is 0 Å². The van der Waals surface area contributed by atoms with E-state index in [1.54, 1.807) is 42.2 Å². The van der Waals surface area contributed by atoms with Crippen molar-refractivity contribution in [3.05, 3.63) is 23.8 Å². The molecule has 1 aliphatic rings. The molecule has 1 N–H and O–H groups in total. The van der Waals surface area contributed by atoms with Crippen molar-refractivity contribution in [2.75, 3.05) is 52.9 Å². The van der Waals surface area contributed by atoms with Crippen LogP contribution in [0.5, 0.6) is 5.75 Å². The molecule has 1 heterocycles. The lowest BCUT2D eigenvalue weighted by Gasteiger charge is -2.35. The highest BCUT2D eigenvalue weighted by Crippen LogP contribution is 2.26. The normalized spacial score (nSPS) is 22.6. The zero-order valence-corrected chi connectivity index (χ0v) is 19.1. The molecule has 1 aliphatic heterocycles. The minimum absolute atomic E-state index is 0.0175. The fraction of sp³-hybridized carbons (Fsp3) is 0.591. The molecule has 0 spiro atoms. The number of hydrogen-bond acceptors (Lipinski definition) is 6. The summed E-state index contributed by atoms with van der Waals surface area (Å²) in [6.07, 6.45) is -0.237. The molecule has 3 amide bonds. The Morgan fingerprint density at radius 1 is 1.23 bits per heavy atom. The fourth-order valence-electron chi connectivity index (χ4n) is 3.62. The van der Waals surface area contributed by atoms with Gasteiger partial charge in [0.2, 0.25) is 11.8 Å². The van der Waals surface area contributed by atoms with E-state index in [1.807, 2.05) is 13.8 Å². The van der Waals surface area contributed by atoms with E-state index in [0.717, 1.165) is 0 Å². The third kappa shape index (κ3) is 6.41. The fourth-order valence-corrected chi connectivity index (χ4v) is 3.62. The molecule has 1 aromatic rings. The lowest BCUT2D eigenvalue weighted by atomic mass is 10.0. The Bertz CT molecular complexity index is 799. The first-order chi connectivity index (χ1) is 14.7. The van der Waals surface area contributed by atoms with E-state index in [0.29, 0.717) is 30.1 Å². The Morgan fingerprint density at radius 3 is 2.55 bits per heavy atom. The molecule has 0 unspecified atom stereocenters. The van der Waals surface area contributed by atoms with Crippen LogP contribution in [0.3, 0.4) is 0 Å². The van der Waals surface area contributed by atoms with E-state index < -0.39 is 0 Å². The number of likely N-dealkylation sites (N-methyl/N-ethyl adjacent to an activating group) is 1. The Balaban J connectivity index is 2.41. The van der Waals surface area contributed by atoms with Gasteiger partial charge in [-0.2, -0.15) is 0 Å². The molecule has 0 radical (unpaired) electrons. The van der Waals surface area contributed by atoms with E-state index >= 15 is 0 Å². The Hall–Kier alpha value is -2.65. The van der Waals surface area contributed by atoms with Crippen molar-refractivity contribution >= 4 is 23.4 Å². The van der Waals surface area contributed by atoms with Crippen LogP contribution in [0.15, 0.2) is 18.2 Å². The number of nitrogens with zero attached hydrogens (tertiary/aromatic N) is 2. The van der Waals surface area contributed by atoms with E-state index in [1.165, 1.54) is 14.0 Å². The second kappa shape index (κ2) is 11.1. The van der Waals surface area contributed by atoms with Gasteiger partial charge in [-0.25, -0.2) is 0 Å². The van der Waals surface area contributed by atoms with Gasteiger partial charge in [0, 0.05) is 59.0 Å². The molecule has 0 bridgehead atoms. The van der Waals surface area contributed by atoms with Crippen LogP contribution in [-0.4, -0.2) is 87.2 Å². The lowest BCUT2D eigenvalue weighted by molar-refractivity contribution is -0.133. The number of methoxy groups -OCH3 is 2. The maximum Gasteiger partial charge on any atom is 0.257 e. The smallest absolute Gasteiger partial charge is 0.257 e. The highest BCUT2D eigenvalue weighted by Gasteiger charge is 2.29. The first-order valence-electron chi connectivity index (χ1n) is 10.3. The summed E-state index contributed by atoms with van der Waals surface area (Å²) in [6, 6.07) is 4.67. The lowest BCUT2D eigenvalue weighted by Crippen LogP contribution is -2.48. The molecule has 0 saturated carbocycles. The minimum Gasteiger partial charge on any atom is -0.491 e. The minimum atomic E-state index is -0.313. The summed E-state index contributed by atoms with van der Waals surface area (Å²) in [5.74, 6) is -0.225. The van der Waals surface area contributed by atoms with Crippen molar-refractivity contribution in [3.63, 3.8) is 0 Å². The summed E-state index contributed by atoms with van der Waals surface area (Å²) in [5.41, 5.74) is 0.861. The highest BCUT2D eigenvalue weighted by atomic mass is 16.5. The van der Waals surface area contributed by atoms with Gasteiger partial charge in [-0.1, -0.05) is 6.92 Å². The molecule has 2 rings (SSSR count). The average Bonchev–Trinajstić information content (AvgIpc) is 2.72. The van der Waals surface area contributed by atoms with Crippen molar-refractivity contribution in [1.29, 1.82) is 0 Å². The third-order valence-electron chi connectivity index (χ3n) is 5.41. The summed E-state index contributed by atoms with van der Waals surface area (Å²) in [6.45, 7) is 6.40. The van der Waals surface area contributed by atoms with Gasteiger partial charge in [0.1, 0.15) is 19.0 Å². The number of anilines is 1. The number of nitrogens with one attached hydrogen (secondary N) is 1. The topological polar surface area (TPSA) is 97.4 Å². The van der Waals surface area contributed by atoms with Crippen molar-refractivity contribution < 1.29 is 28.6 Å². The van der Waals surface area contributed by atoms with Crippen molar-refractivity contribution in [3.8, 4) is 5.75 Å². The van der Waals surface area contributed by atoms with E-state index in [4.69, 9.17) is 14.2 Å². The van der Waals surface area contributed by atoms with Crippen LogP contribution in [-0.2, 0) is 19.1 Å². The molecule has 1 aromatic carbocycles. The maximum atomic E-state index is 13.1. The molecule has 0 saturated heterocycles. The second-order valence-electron chi connectivity index (χ2n) is 7.96. The van der Waals surface area contributed by atoms with Crippen molar-refractivity contribution in [2.45, 2.75) is 32.9 Å². The molecular weight excluding hydrogens is 402 g/mol. The van der Waals surface area contributed by atoms with Crippen LogP contribution < -0.4 is 10.1 Å². The number of fused-ring (bicyclic) bond motifs is 1. The molecule has 9 nitrogen and oxygen atoms in total. The van der Waals surface area contributed by atoms with Crippen LogP contribution in [0.4, 0.5) is 5.69 Å². The molecule has 0 fully saturated rings. The Labute approximate surface area is 183 Å². The molecule has 31 heavy (non-hydrogen) atoms. The first-order valence-corrected chi connectivity index (χ1v) is 10.3. The summed E-state index contributed by atoms with van der Waals surface area (Å²) in [7, 11) is 4.75. The SMILES string of the molecule is COCC(=O)Nc1ccc2c(c1)OC[C@H](C)N(C(C)=O)C[C@@H](C)[C@@H](OC)CN(C)C2=O. The van der Waals surface area contributed by atoms with Gasteiger partial charge >= 0.3 is 0 Å². The van der Waals surface area contributed by atoms with Crippen LogP contribution >= 0.6 is 0 Å². The van der Waals surface area contributed by atoms with E-state index in [-0.39, 0.29) is 49.0 Å². The van der Waals surface area contributed by atoms with Crippen molar-refractivity contribution in [2.24, 2.45) is 5.92 Å². The van der Waals surface area contributed by atoms with Gasteiger partial charge in [0.05, 0.1) is 17.7 Å². The predicted octanol–water partition coefficient (Wildman–Crippen LogP) is 1.62. The number of amides is 3. The van der Waals surface area contributed by atoms with Gasteiger partial charge in [-0.15, -0.1) is 0 Å². The van der Waals surface area contributed by atoms with Crippen LogP contribution in [0.25, 0.3) is 0 Å². The average molecular weight is 436 g/mol. The molecule has 0 aromatic heterocycles. The van der Waals surface area contributed by atoms with Gasteiger partial charge in [-0.3, -0.25) is 14.4 Å². The molecule has 3 atom stereocenters. The van der Waals surface area contributed by atoms with E-state index in [2.05, 4.69) is 5.32 Å². The first kappa shape index (κ1) is 24.6. The summed E-state index contributed by atoms with van der Waals surface area (Å²) in [5, 5.41) is 2.71. The van der Waals surface area contributed by atoms with Gasteiger partial charge in [0.25, 0.3) is 5.91 Å². The largest absolute Gasteiger partial charge is 0.491 e. The zero-order chi connectivity index (χ0) is 23.1. The number of carbonyl (C=O) groups is 3. The standard InChI is InChI=1S/C22H33N3O6/c1-14-10-25(16(3)26)15(2)12-31-19-9-17(23-21(27)13-29-5)7-8-18(19)22(28)24(4)11-20(14)30-6/h7-9,14-15,20H,10-13H2,1-6H3,(H,23,27)/t14-,15+,20+/m1/s1. The quantitative estimate of drug-likeness (QED) is 0.772. The number of benzene rings is 1.